The maximum Gasteiger partial charge on any atom is 0.238 e. The lowest BCUT2D eigenvalue weighted by Crippen LogP contribution is -2.32. The molecule has 0 spiro atoms. The molecule has 0 radical (unpaired) electrons. The minimum atomic E-state index is -0.140. The van der Waals surface area contributed by atoms with E-state index in [0.29, 0.717) is 12.3 Å². The summed E-state index contributed by atoms with van der Waals surface area (Å²) in [6, 6.07) is 7.26. The van der Waals surface area contributed by atoms with Crippen molar-refractivity contribution in [2.24, 2.45) is 23.7 Å². The SMILES string of the molecule is CCCOc1ccc(N2C(=O)[C@@H]3[C@@H](C2=O)[C@H]2C=C[C@H]3C2)cc1. The number of amides is 2. The molecular formula is C18H19NO3. The maximum atomic E-state index is 12.7. The van der Waals surface area contributed by atoms with Gasteiger partial charge in [-0.2, -0.15) is 0 Å². The summed E-state index contributed by atoms with van der Waals surface area (Å²) in [7, 11) is 0. The van der Waals surface area contributed by atoms with Gasteiger partial charge >= 0.3 is 0 Å². The van der Waals surface area contributed by atoms with Gasteiger partial charge in [0.2, 0.25) is 11.8 Å². The summed E-state index contributed by atoms with van der Waals surface area (Å²) in [6.07, 6.45) is 6.14. The summed E-state index contributed by atoms with van der Waals surface area (Å²) >= 11 is 0. The highest BCUT2D eigenvalue weighted by atomic mass is 16.5. The van der Waals surface area contributed by atoms with Gasteiger partial charge in [0, 0.05) is 0 Å². The Balaban J connectivity index is 1.58. The number of anilines is 1. The Kier molecular flexibility index (Phi) is 3.06. The number of imide groups is 1. The number of allylic oxidation sites excluding steroid dienone is 2. The first-order valence-electron chi connectivity index (χ1n) is 7.99. The predicted molar refractivity (Wildman–Crippen MR) is 82.4 cm³/mol. The molecule has 1 heterocycles. The van der Waals surface area contributed by atoms with Gasteiger partial charge in [0.1, 0.15) is 5.75 Å². The second-order valence-electron chi connectivity index (χ2n) is 6.35. The van der Waals surface area contributed by atoms with Gasteiger partial charge in [0.15, 0.2) is 0 Å². The van der Waals surface area contributed by atoms with Crippen LogP contribution in [-0.2, 0) is 9.59 Å². The smallest absolute Gasteiger partial charge is 0.238 e. The van der Waals surface area contributed by atoms with E-state index in [2.05, 4.69) is 19.1 Å². The van der Waals surface area contributed by atoms with Crippen LogP contribution in [-0.4, -0.2) is 18.4 Å². The zero-order valence-corrected chi connectivity index (χ0v) is 12.6. The fourth-order valence-electron chi connectivity index (χ4n) is 4.07. The van der Waals surface area contributed by atoms with Crippen molar-refractivity contribution in [1.82, 2.24) is 0 Å². The standard InChI is InChI=1S/C18H19NO3/c1-2-9-22-14-7-5-13(6-8-14)19-17(20)15-11-3-4-12(10-11)16(15)18(19)21/h3-8,11-12,15-16H,2,9-10H2,1H3/t11-,12-,15-,16-/m0/s1. The van der Waals surface area contributed by atoms with Gasteiger partial charge in [-0.15, -0.1) is 0 Å². The minimum Gasteiger partial charge on any atom is -0.494 e. The molecule has 1 aliphatic heterocycles. The lowest BCUT2D eigenvalue weighted by molar-refractivity contribution is -0.123. The normalized spacial score (nSPS) is 32.0. The average molecular weight is 297 g/mol. The summed E-state index contributed by atoms with van der Waals surface area (Å²) in [5.41, 5.74) is 0.660. The van der Waals surface area contributed by atoms with Crippen molar-refractivity contribution in [3.63, 3.8) is 0 Å². The first-order chi connectivity index (χ1) is 10.7. The van der Waals surface area contributed by atoms with Crippen LogP contribution in [0.1, 0.15) is 19.8 Å². The van der Waals surface area contributed by atoms with Crippen LogP contribution >= 0.6 is 0 Å². The Hall–Kier alpha value is -2.10. The van der Waals surface area contributed by atoms with Gasteiger partial charge in [0.05, 0.1) is 24.1 Å². The molecule has 114 valence electrons. The summed E-state index contributed by atoms with van der Waals surface area (Å²) in [4.78, 5) is 26.7. The largest absolute Gasteiger partial charge is 0.494 e. The summed E-state index contributed by atoms with van der Waals surface area (Å²) < 4.78 is 5.55. The molecule has 4 atom stereocenters. The number of carbonyl (C=O) groups is 2. The number of fused-ring (bicyclic) bond motifs is 5. The molecule has 2 fully saturated rings. The van der Waals surface area contributed by atoms with E-state index in [1.54, 1.807) is 12.1 Å². The first-order valence-corrected chi connectivity index (χ1v) is 7.99. The molecule has 0 aromatic heterocycles. The highest BCUT2D eigenvalue weighted by molar-refractivity contribution is 6.22. The van der Waals surface area contributed by atoms with Crippen molar-refractivity contribution in [2.45, 2.75) is 19.8 Å². The van der Waals surface area contributed by atoms with Crippen molar-refractivity contribution < 1.29 is 14.3 Å². The number of hydrogen-bond acceptors (Lipinski definition) is 3. The molecule has 0 N–H and O–H groups in total. The second-order valence-corrected chi connectivity index (χ2v) is 6.35. The van der Waals surface area contributed by atoms with Crippen LogP contribution in [0.15, 0.2) is 36.4 Å². The molecule has 2 bridgehead atoms. The van der Waals surface area contributed by atoms with Gasteiger partial charge in [-0.1, -0.05) is 19.1 Å². The molecule has 1 saturated carbocycles. The number of hydrogen-bond donors (Lipinski definition) is 0. The molecule has 2 aliphatic carbocycles. The summed E-state index contributed by atoms with van der Waals surface area (Å²) in [5.74, 6) is 0.930. The average Bonchev–Trinajstić information content (AvgIpc) is 3.20. The quantitative estimate of drug-likeness (QED) is 0.634. The third-order valence-corrected chi connectivity index (χ3v) is 5.04. The Morgan fingerprint density at radius 1 is 1.05 bits per heavy atom. The zero-order chi connectivity index (χ0) is 15.3. The topological polar surface area (TPSA) is 46.6 Å². The van der Waals surface area contributed by atoms with E-state index in [4.69, 9.17) is 4.74 Å². The van der Waals surface area contributed by atoms with Crippen molar-refractivity contribution >= 4 is 17.5 Å². The monoisotopic (exact) mass is 297 g/mol. The van der Waals surface area contributed by atoms with Crippen molar-refractivity contribution in [3.8, 4) is 5.75 Å². The Morgan fingerprint density at radius 3 is 2.18 bits per heavy atom. The number of benzene rings is 1. The van der Waals surface area contributed by atoms with E-state index in [-0.39, 0.29) is 35.5 Å². The van der Waals surface area contributed by atoms with Crippen LogP contribution < -0.4 is 9.64 Å². The number of rotatable bonds is 4. The molecule has 4 heteroatoms. The van der Waals surface area contributed by atoms with Gasteiger partial charge in [0.25, 0.3) is 0 Å². The van der Waals surface area contributed by atoms with Crippen LogP contribution in [0.25, 0.3) is 0 Å². The van der Waals surface area contributed by atoms with Crippen molar-refractivity contribution in [3.05, 3.63) is 36.4 Å². The minimum absolute atomic E-state index is 0.0333. The third-order valence-electron chi connectivity index (χ3n) is 5.04. The van der Waals surface area contributed by atoms with Crippen molar-refractivity contribution in [2.75, 3.05) is 11.5 Å². The van der Waals surface area contributed by atoms with E-state index < -0.39 is 0 Å². The van der Waals surface area contributed by atoms with Gasteiger partial charge in [-0.05, 0) is 48.9 Å². The van der Waals surface area contributed by atoms with Crippen LogP contribution in [0.4, 0.5) is 5.69 Å². The fraction of sp³-hybridized carbons (Fsp3) is 0.444. The second kappa shape index (κ2) is 4.97. The van der Waals surface area contributed by atoms with E-state index in [1.807, 2.05) is 12.1 Å². The highest BCUT2D eigenvalue weighted by Gasteiger charge is 2.59. The molecular weight excluding hydrogens is 278 g/mol. The van der Waals surface area contributed by atoms with E-state index in [1.165, 1.54) is 4.90 Å². The lowest BCUT2D eigenvalue weighted by atomic mass is 9.85. The molecule has 4 rings (SSSR count). The molecule has 3 aliphatic rings. The maximum absolute atomic E-state index is 12.7. The van der Waals surface area contributed by atoms with Crippen LogP contribution in [0.3, 0.4) is 0 Å². The first kappa shape index (κ1) is 13.6. The predicted octanol–water partition coefficient (Wildman–Crippen LogP) is 2.79. The molecule has 1 saturated heterocycles. The third kappa shape index (κ3) is 1.83. The Labute approximate surface area is 129 Å². The van der Waals surface area contributed by atoms with Crippen molar-refractivity contribution in [1.29, 1.82) is 0 Å². The fourth-order valence-corrected chi connectivity index (χ4v) is 4.07. The van der Waals surface area contributed by atoms with E-state index >= 15 is 0 Å². The van der Waals surface area contributed by atoms with Gasteiger partial charge in [-0.3, -0.25) is 14.5 Å². The molecule has 2 amide bonds. The van der Waals surface area contributed by atoms with Crippen LogP contribution in [0.5, 0.6) is 5.75 Å². The van der Waals surface area contributed by atoms with Crippen LogP contribution in [0, 0.1) is 23.7 Å². The Bertz CT molecular complexity index is 619. The molecule has 4 nitrogen and oxygen atoms in total. The van der Waals surface area contributed by atoms with Crippen LogP contribution in [0.2, 0.25) is 0 Å². The van der Waals surface area contributed by atoms with Gasteiger partial charge < -0.3 is 4.74 Å². The van der Waals surface area contributed by atoms with E-state index in [0.717, 1.165) is 18.6 Å². The Morgan fingerprint density at radius 2 is 1.64 bits per heavy atom. The zero-order valence-electron chi connectivity index (χ0n) is 12.6. The summed E-state index contributed by atoms with van der Waals surface area (Å²) in [5, 5.41) is 0. The highest BCUT2D eigenvalue weighted by Crippen LogP contribution is 2.53. The molecule has 0 unspecified atom stereocenters. The van der Waals surface area contributed by atoms with Gasteiger partial charge in [-0.25, -0.2) is 0 Å². The molecule has 22 heavy (non-hydrogen) atoms. The molecule has 1 aromatic carbocycles. The number of ether oxygens (including phenoxy) is 1. The van der Waals surface area contributed by atoms with E-state index in [9.17, 15) is 9.59 Å². The lowest BCUT2D eigenvalue weighted by Gasteiger charge is -2.17. The summed E-state index contributed by atoms with van der Waals surface area (Å²) in [6.45, 7) is 2.72. The number of nitrogens with zero attached hydrogens (tertiary/aromatic N) is 1. The molecule has 1 aromatic rings. The number of carbonyl (C=O) groups excluding carboxylic acids is 2.